The highest BCUT2D eigenvalue weighted by atomic mass is 16.2. The Bertz CT molecular complexity index is 832. The lowest BCUT2D eigenvalue weighted by molar-refractivity contribution is -0.127. The maximum absolute atomic E-state index is 12.8. The molecule has 128 valence electrons. The van der Waals surface area contributed by atoms with Gasteiger partial charge in [0.25, 0.3) is 5.91 Å². The zero-order chi connectivity index (χ0) is 18.0. The average molecular weight is 337 g/mol. The van der Waals surface area contributed by atoms with Gasteiger partial charge >= 0.3 is 0 Å². The minimum Gasteiger partial charge on any atom is -0.325 e. The van der Waals surface area contributed by atoms with E-state index in [2.05, 4.69) is 15.3 Å². The van der Waals surface area contributed by atoms with E-state index in [4.69, 9.17) is 5.73 Å². The van der Waals surface area contributed by atoms with Crippen LogP contribution in [0.1, 0.15) is 18.2 Å². The minimum absolute atomic E-state index is 0.340. The smallest absolute Gasteiger partial charge is 0.272 e. The molecule has 0 aliphatic carbocycles. The number of benzodiazepines with no additional fused rings is 1. The second-order valence-corrected chi connectivity index (χ2v) is 5.81. The number of nitrogens with zero attached hydrogens (tertiary/aromatic N) is 3. The maximum atomic E-state index is 12.8. The molecule has 0 fully saturated rings. The molecule has 0 saturated heterocycles. The number of aliphatic imine (C=N–C) groups is 1. The zero-order valence-corrected chi connectivity index (χ0v) is 14.0. The van der Waals surface area contributed by atoms with Crippen LogP contribution in [0.2, 0.25) is 0 Å². The number of benzene rings is 1. The van der Waals surface area contributed by atoms with Crippen LogP contribution in [0.3, 0.4) is 0 Å². The van der Waals surface area contributed by atoms with Gasteiger partial charge in [-0.2, -0.15) is 0 Å². The SMILES string of the molecule is C[C@H](N)C(=O)NC1N=C(c2ccccn2)c2ccccc2N(C)C1=O. The van der Waals surface area contributed by atoms with Crippen LogP contribution in [0.4, 0.5) is 5.69 Å². The van der Waals surface area contributed by atoms with Gasteiger partial charge in [0.15, 0.2) is 0 Å². The number of pyridine rings is 1. The Hall–Kier alpha value is -3.06. The van der Waals surface area contributed by atoms with Crippen molar-refractivity contribution in [2.24, 2.45) is 10.7 Å². The lowest BCUT2D eigenvalue weighted by Gasteiger charge is -2.21. The lowest BCUT2D eigenvalue weighted by atomic mass is 10.0. The van der Waals surface area contributed by atoms with Gasteiger partial charge in [0, 0.05) is 18.8 Å². The number of likely N-dealkylation sites (N-methyl/N-ethyl adjacent to an activating group) is 1. The number of anilines is 1. The number of para-hydroxylation sites is 1. The van der Waals surface area contributed by atoms with Crippen LogP contribution in [-0.2, 0) is 9.59 Å². The van der Waals surface area contributed by atoms with E-state index in [1.54, 1.807) is 26.2 Å². The molecule has 0 bridgehead atoms. The molecule has 2 heterocycles. The van der Waals surface area contributed by atoms with E-state index in [-0.39, 0.29) is 5.91 Å². The number of nitrogens with two attached hydrogens (primary N) is 1. The number of nitrogens with one attached hydrogen (secondary N) is 1. The average Bonchev–Trinajstić information content (AvgIpc) is 2.73. The molecule has 1 aliphatic rings. The Balaban J connectivity index is 2.14. The fourth-order valence-electron chi connectivity index (χ4n) is 2.59. The highest BCUT2D eigenvalue weighted by molar-refractivity contribution is 6.19. The molecule has 25 heavy (non-hydrogen) atoms. The highest BCUT2D eigenvalue weighted by Gasteiger charge is 2.31. The predicted octanol–water partition coefficient (Wildman–Crippen LogP) is 0.685. The van der Waals surface area contributed by atoms with E-state index in [0.717, 1.165) is 5.56 Å². The number of amides is 2. The zero-order valence-electron chi connectivity index (χ0n) is 14.0. The molecule has 2 aromatic rings. The number of rotatable bonds is 3. The monoisotopic (exact) mass is 337 g/mol. The Morgan fingerprint density at radius 2 is 1.96 bits per heavy atom. The van der Waals surface area contributed by atoms with Crippen molar-refractivity contribution in [1.82, 2.24) is 10.3 Å². The van der Waals surface area contributed by atoms with E-state index in [0.29, 0.717) is 17.1 Å². The van der Waals surface area contributed by atoms with E-state index in [9.17, 15) is 9.59 Å². The van der Waals surface area contributed by atoms with Gasteiger partial charge < -0.3 is 16.0 Å². The standard InChI is InChI=1S/C18H19N5O2/c1-11(19)17(24)22-16-18(25)23(2)14-9-4-3-7-12(14)15(21-16)13-8-5-6-10-20-13/h3-11,16H,19H2,1-2H3,(H,22,24)/t11-,16?/m0/s1. The second kappa shape index (κ2) is 6.82. The fraction of sp³-hybridized carbons (Fsp3) is 0.222. The maximum Gasteiger partial charge on any atom is 0.272 e. The Morgan fingerprint density at radius 3 is 2.64 bits per heavy atom. The van der Waals surface area contributed by atoms with Crippen molar-refractivity contribution >= 4 is 23.2 Å². The van der Waals surface area contributed by atoms with Gasteiger partial charge in [0.1, 0.15) is 0 Å². The third-order valence-electron chi connectivity index (χ3n) is 3.94. The first-order valence-electron chi connectivity index (χ1n) is 7.91. The summed E-state index contributed by atoms with van der Waals surface area (Å²) in [6, 6.07) is 12.2. The molecule has 1 aromatic heterocycles. The minimum atomic E-state index is -1.06. The molecule has 7 heteroatoms. The molecule has 0 radical (unpaired) electrons. The Kier molecular flexibility index (Phi) is 4.58. The van der Waals surface area contributed by atoms with Crippen molar-refractivity contribution in [2.75, 3.05) is 11.9 Å². The van der Waals surface area contributed by atoms with Crippen molar-refractivity contribution in [3.63, 3.8) is 0 Å². The van der Waals surface area contributed by atoms with Crippen LogP contribution in [0, 0.1) is 0 Å². The Labute approximate surface area is 145 Å². The lowest BCUT2D eigenvalue weighted by Crippen LogP contribution is -2.50. The molecular formula is C18H19N5O2. The van der Waals surface area contributed by atoms with Gasteiger partial charge in [-0.25, -0.2) is 4.99 Å². The highest BCUT2D eigenvalue weighted by Crippen LogP contribution is 2.26. The van der Waals surface area contributed by atoms with E-state index in [1.165, 1.54) is 4.90 Å². The van der Waals surface area contributed by atoms with E-state index >= 15 is 0 Å². The van der Waals surface area contributed by atoms with Crippen molar-refractivity contribution < 1.29 is 9.59 Å². The second-order valence-electron chi connectivity index (χ2n) is 5.81. The van der Waals surface area contributed by atoms with Gasteiger partial charge in [0.2, 0.25) is 12.1 Å². The molecule has 3 rings (SSSR count). The van der Waals surface area contributed by atoms with E-state index in [1.807, 2.05) is 36.4 Å². The third-order valence-corrected chi connectivity index (χ3v) is 3.94. The summed E-state index contributed by atoms with van der Waals surface area (Å²) in [5, 5.41) is 2.60. The van der Waals surface area contributed by atoms with E-state index < -0.39 is 18.1 Å². The number of hydrogen-bond donors (Lipinski definition) is 2. The summed E-state index contributed by atoms with van der Waals surface area (Å²) in [5.74, 6) is -0.783. The van der Waals surface area contributed by atoms with Gasteiger partial charge in [-0.3, -0.25) is 14.6 Å². The van der Waals surface area contributed by atoms with Crippen LogP contribution >= 0.6 is 0 Å². The summed E-state index contributed by atoms with van der Waals surface area (Å²) < 4.78 is 0. The molecule has 3 N–H and O–H groups in total. The summed E-state index contributed by atoms with van der Waals surface area (Å²) in [5.41, 5.74) is 8.25. The molecule has 0 saturated carbocycles. The van der Waals surface area contributed by atoms with Crippen LogP contribution in [0.5, 0.6) is 0 Å². The van der Waals surface area contributed by atoms with Crippen molar-refractivity contribution in [3.8, 4) is 0 Å². The van der Waals surface area contributed by atoms with Crippen LogP contribution in [0.25, 0.3) is 0 Å². The number of fused-ring (bicyclic) bond motifs is 1. The van der Waals surface area contributed by atoms with Crippen molar-refractivity contribution in [2.45, 2.75) is 19.1 Å². The number of hydrogen-bond acceptors (Lipinski definition) is 5. The molecule has 0 spiro atoms. The largest absolute Gasteiger partial charge is 0.325 e. The summed E-state index contributed by atoms with van der Waals surface area (Å²) in [4.78, 5) is 35.1. The van der Waals surface area contributed by atoms with Gasteiger partial charge in [-0.05, 0) is 25.1 Å². The first-order chi connectivity index (χ1) is 12.0. The topological polar surface area (TPSA) is 101 Å². The van der Waals surface area contributed by atoms with Crippen LogP contribution < -0.4 is 16.0 Å². The fourth-order valence-corrected chi connectivity index (χ4v) is 2.59. The summed E-state index contributed by atoms with van der Waals surface area (Å²) in [6.45, 7) is 1.55. The van der Waals surface area contributed by atoms with Crippen molar-refractivity contribution in [1.29, 1.82) is 0 Å². The first kappa shape index (κ1) is 16.8. The van der Waals surface area contributed by atoms with Crippen molar-refractivity contribution in [3.05, 3.63) is 59.9 Å². The quantitative estimate of drug-likeness (QED) is 0.860. The third kappa shape index (κ3) is 3.27. The Morgan fingerprint density at radius 1 is 1.24 bits per heavy atom. The number of carbonyl (C=O) groups is 2. The van der Waals surface area contributed by atoms with Gasteiger partial charge in [0.05, 0.1) is 23.1 Å². The molecule has 1 unspecified atom stereocenters. The summed E-state index contributed by atoms with van der Waals surface area (Å²) >= 11 is 0. The number of carbonyl (C=O) groups excluding carboxylic acids is 2. The molecule has 2 atom stereocenters. The normalized spacial score (nSPS) is 18.0. The first-order valence-corrected chi connectivity index (χ1v) is 7.91. The molecule has 1 aliphatic heterocycles. The van der Waals surface area contributed by atoms with Gasteiger partial charge in [-0.15, -0.1) is 0 Å². The molecule has 2 amide bonds. The molecule has 1 aromatic carbocycles. The number of aromatic nitrogens is 1. The van der Waals surface area contributed by atoms with Crippen LogP contribution in [-0.4, -0.2) is 41.8 Å². The summed E-state index contributed by atoms with van der Waals surface area (Å²) in [7, 11) is 1.66. The van der Waals surface area contributed by atoms with Crippen LogP contribution in [0.15, 0.2) is 53.7 Å². The summed E-state index contributed by atoms with van der Waals surface area (Å²) in [6.07, 6.45) is 0.597. The molecular weight excluding hydrogens is 318 g/mol. The predicted molar refractivity (Wildman–Crippen MR) is 95.3 cm³/mol. The molecule has 7 nitrogen and oxygen atoms in total. The van der Waals surface area contributed by atoms with Gasteiger partial charge in [-0.1, -0.05) is 24.3 Å².